The second-order valence-electron chi connectivity index (χ2n) is 13.5. The molecular weight excluding hydrogens is 674 g/mol. The number of ether oxygens (including phenoxy) is 1. The third kappa shape index (κ3) is 6.45. The molecule has 280 valence electrons. The van der Waals surface area contributed by atoms with Crippen LogP contribution in [-0.4, -0.2) is 110 Å². The molecule has 1 aromatic heterocycles. The number of phenols is 1. The Balaban J connectivity index is 0.000000259. The van der Waals surface area contributed by atoms with Crippen molar-refractivity contribution >= 4 is 39.8 Å². The maximum atomic E-state index is 13.7. The number of methoxy groups -OCH3 is 1. The van der Waals surface area contributed by atoms with Gasteiger partial charge in [-0.2, -0.15) is 0 Å². The number of carbonyl (C=O) groups excluding carboxylic acids is 3. The first-order valence-electron chi connectivity index (χ1n) is 16.7. The number of carbonyl (C=O) groups is 3. The average molecular weight is 722 g/mol. The molecule has 12 N–H and O–H groups in total. The molecular formula is C37H47N5O10. The predicted octanol–water partition coefficient (Wildman–Crippen LogP) is 1.45. The first-order valence-corrected chi connectivity index (χ1v) is 16.7. The molecule has 0 aliphatic heterocycles. The van der Waals surface area contributed by atoms with Crippen molar-refractivity contribution in [1.82, 2.24) is 9.88 Å². The monoisotopic (exact) mass is 721 g/mol. The summed E-state index contributed by atoms with van der Waals surface area (Å²) in [6.07, 6.45) is 2.28. The van der Waals surface area contributed by atoms with E-state index in [1.807, 2.05) is 30.5 Å². The fourth-order valence-corrected chi connectivity index (χ4v) is 7.73. The van der Waals surface area contributed by atoms with E-state index in [2.05, 4.69) is 17.2 Å². The van der Waals surface area contributed by atoms with Gasteiger partial charge in [-0.25, -0.2) is 0 Å². The Bertz CT molecular complexity index is 1940. The summed E-state index contributed by atoms with van der Waals surface area (Å²) in [5.41, 5.74) is 9.00. The highest BCUT2D eigenvalue weighted by Crippen LogP contribution is 2.56. The fourth-order valence-electron chi connectivity index (χ4n) is 7.73. The molecule has 52 heavy (non-hydrogen) atoms. The van der Waals surface area contributed by atoms with Gasteiger partial charge >= 0.3 is 0 Å². The molecule has 7 atom stereocenters. The van der Waals surface area contributed by atoms with Gasteiger partial charge in [0.15, 0.2) is 11.4 Å². The maximum absolute atomic E-state index is 13.7. The van der Waals surface area contributed by atoms with Crippen molar-refractivity contribution in [3.05, 3.63) is 76.7 Å². The summed E-state index contributed by atoms with van der Waals surface area (Å²) in [6.45, 7) is 4.56. The molecule has 0 radical (unpaired) electrons. The molecule has 0 spiro atoms. The molecule has 15 heteroatoms. The lowest BCUT2D eigenvalue weighted by Gasteiger charge is -2.53. The van der Waals surface area contributed by atoms with Crippen molar-refractivity contribution in [3.8, 4) is 11.5 Å². The van der Waals surface area contributed by atoms with Crippen molar-refractivity contribution in [3.63, 3.8) is 0 Å². The van der Waals surface area contributed by atoms with E-state index < -0.39 is 75.6 Å². The van der Waals surface area contributed by atoms with Crippen molar-refractivity contribution in [2.45, 2.75) is 56.4 Å². The fraction of sp³-hybridized carbons (Fsp3) is 0.405. The SMILES string of the molecule is COc1cc(NC(C)CCCN)c2ncccc2c1.C[C@H]1c2cccc(O)c2C(O)=C2C(=O)[C@]3(O)C(O)=C(C(N)=O)C(=O)[C@@H](N(C)C)[C@@H]3[C@@H](O)[C@@H]21.O. The number of aromatic nitrogens is 1. The van der Waals surface area contributed by atoms with Crippen LogP contribution in [0.25, 0.3) is 16.7 Å². The van der Waals surface area contributed by atoms with Gasteiger partial charge in [0, 0.05) is 35.2 Å². The van der Waals surface area contributed by atoms with Gasteiger partial charge in [0.25, 0.3) is 5.91 Å². The number of amides is 1. The predicted molar refractivity (Wildman–Crippen MR) is 194 cm³/mol. The van der Waals surface area contributed by atoms with Crippen molar-refractivity contribution < 1.29 is 50.1 Å². The molecule has 6 rings (SSSR count). The average Bonchev–Trinajstić information content (AvgIpc) is 3.08. The summed E-state index contributed by atoms with van der Waals surface area (Å²) >= 11 is 0. The largest absolute Gasteiger partial charge is 0.508 e. The molecule has 0 saturated heterocycles. The van der Waals surface area contributed by atoms with Crippen LogP contribution in [0.4, 0.5) is 5.69 Å². The van der Waals surface area contributed by atoms with Crippen LogP contribution in [0.1, 0.15) is 43.7 Å². The number of rotatable bonds is 8. The van der Waals surface area contributed by atoms with Gasteiger partial charge in [-0.3, -0.25) is 24.3 Å². The molecule has 0 bridgehead atoms. The van der Waals surface area contributed by atoms with E-state index in [0.717, 1.165) is 41.7 Å². The summed E-state index contributed by atoms with van der Waals surface area (Å²) in [7, 11) is 4.60. The summed E-state index contributed by atoms with van der Waals surface area (Å²) in [5, 5.41) is 59.5. The summed E-state index contributed by atoms with van der Waals surface area (Å²) in [6, 6.07) is 11.5. The van der Waals surface area contributed by atoms with Gasteiger partial charge in [-0.15, -0.1) is 0 Å². The number of phenolic OH excluding ortho intramolecular Hbond substituents is 1. The zero-order chi connectivity index (χ0) is 37.5. The van der Waals surface area contributed by atoms with Crippen molar-refractivity contribution in [1.29, 1.82) is 0 Å². The first-order chi connectivity index (χ1) is 24.1. The Morgan fingerprint density at radius 2 is 1.83 bits per heavy atom. The highest BCUT2D eigenvalue weighted by Gasteiger charge is 2.68. The van der Waals surface area contributed by atoms with Crippen LogP contribution in [0.5, 0.6) is 11.5 Å². The molecule has 1 fully saturated rings. The standard InChI is InChI=1S/C22H24N2O8.C15H21N3O.H2O/c1-7-8-5-4-6-9(25)11(8)16(26)12-10(7)17(27)14-15(24(2)3)18(28)13(21(23)31)20(30)22(14,32)19(12)29;1-11(5-3-7-16)18-14-10-13(19-2)9-12-6-4-8-17-15(12)14;/h4-7,10,14-15,17,25-27,30,32H,1-3H3,(H2,23,31);4,6,8-11,18H,3,5,7,16H2,1-2H3;1H2/t7-,10+,14+,15-,17-,22-;;/m0../s1. The third-order valence-electron chi connectivity index (χ3n) is 10.2. The van der Waals surface area contributed by atoms with Crippen LogP contribution in [0.15, 0.2) is 65.6 Å². The minimum atomic E-state index is -2.89. The second-order valence-corrected chi connectivity index (χ2v) is 13.5. The minimum absolute atomic E-state index is 0. The van der Waals surface area contributed by atoms with Crippen LogP contribution >= 0.6 is 0 Å². The van der Waals surface area contributed by atoms with E-state index in [0.29, 0.717) is 11.6 Å². The van der Waals surface area contributed by atoms with E-state index in [4.69, 9.17) is 16.2 Å². The molecule has 2 aromatic carbocycles. The summed E-state index contributed by atoms with van der Waals surface area (Å²) < 4.78 is 5.34. The number of aromatic hydroxyl groups is 1. The normalized spacial score (nSPS) is 25.7. The number of primary amides is 1. The van der Waals surface area contributed by atoms with Crippen LogP contribution < -0.4 is 21.5 Å². The van der Waals surface area contributed by atoms with Crippen LogP contribution in [0, 0.1) is 11.8 Å². The number of nitrogens with zero attached hydrogens (tertiary/aromatic N) is 2. The van der Waals surface area contributed by atoms with Crippen molar-refractivity contribution in [2.24, 2.45) is 23.3 Å². The number of likely N-dealkylation sites (N-methyl/N-ethyl adjacent to an activating group) is 1. The van der Waals surface area contributed by atoms with Gasteiger partial charge in [-0.1, -0.05) is 25.1 Å². The van der Waals surface area contributed by atoms with E-state index >= 15 is 0 Å². The second kappa shape index (κ2) is 15.3. The quantitative estimate of drug-likeness (QED) is 0.153. The zero-order valence-corrected chi connectivity index (χ0v) is 29.6. The number of fused-ring (bicyclic) bond motifs is 4. The molecule has 1 saturated carbocycles. The number of aliphatic hydroxyl groups is 4. The van der Waals surface area contributed by atoms with Gasteiger partial charge in [-0.05, 0) is 70.1 Å². The summed E-state index contributed by atoms with van der Waals surface area (Å²) in [4.78, 5) is 44.4. The molecule has 15 nitrogen and oxygen atoms in total. The number of Topliss-reactive ketones (excluding diaryl/α,β-unsaturated/α-hetero) is 2. The van der Waals surface area contributed by atoms with Crippen LogP contribution in [0.2, 0.25) is 0 Å². The molecule has 3 aromatic rings. The van der Waals surface area contributed by atoms with E-state index in [1.54, 1.807) is 26.2 Å². The number of hydrogen-bond donors (Lipinski definition) is 8. The highest BCUT2D eigenvalue weighted by atomic mass is 16.5. The Labute approximate surface area is 300 Å². The van der Waals surface area contributed by atoms with Crippen LogP contribution in [0.3, 0.4) is 0 Å². The Morgan fingerprint density at radius 1 is 1.13 bits per heavy atom. The number of pyridine rings is 1. The van der Waals surface area contributed by atoms with E-state index in [1.165, 1.54) is 25.1 Å². The zero-order valence-electron chi connectivity index (χ0n) is 29.6. The summed E-state index contributed by atoms with van der Waals surface area (Å²) in [5.74, 6) is -8.02. The van der Waals surface area contributed by atoms with E-state index in [-0.39, 0.29) is 16.8 Å². The Morgan fingerprint density at radius 3 is 2.44 bits per heavy atom. The Hall–Kier alpha value is -5.06. The third-order valence-corrected chi connectivity index (χ3v) is 10.2. The molecule has 3 aliphatic rings. The number of aliphatic hydroxyl groups excluding tert-OH is 3. The van der Waals surface area contributed by atoms with Gasteiger partial charge < -0.3 is 52.5 Å². The molecule has 1 heterocycles. The van der Waals surface area contributed by atoms with Crippen molar-refractivity contribution in [2.75, 3.05) is 33.1 Å². The Kier molecular flexibility index (Phi) is 11.7. The highest BCUT2D eigenvalue weighted by molar-refractivity contribution is 6.24. The smallest absolute Gasteiger partial charge is 0.255 e. The topological polar surface area (TPSA) is 273 Å². The van der Waals surface area contributed by atoms with Gasteiger partial charge in [0.2, 0.25) is 5.78 Å². The lowest BCUT2D eigenvalue weighted by Crippen LogP contribution is -2.70. The molecule has 1 amide bonds. The maximum Gasteiger partial charge on any atom is 0.255 e. The number of anilines is 1. The molecule has 1 unspecified atom stereocenters. The number of nitrogens with one attached hydrogen (secondary N) is 1. The van der Waals surface area contributed by atoms with Crippen LogP contribution in [-0.2, 0) is 14.4 Å². The lowest BCUT2D eigenvalue weighted by molar-refractivity contribution is -0.169. The van der Waals surface area contributed by atoms with Gasteiger partial charge in [0.05, 0.1) is 41.9 Å². The minimum Gasteiger partial charge on any atom is -0.508 e. The number of benzene rings is 2. The first kappa shape index (κ1) is 39.7. The number of nitrogens with two attached hydrogens (primary N) is 2. The van der Waals surface area contributed by atoms with E-state index in [9.17, 15) is 39.9 Å². The lowest BCUT2D eigenvalue weighted by atomic mass is 9.54. The number of hydrogen-bond acceptors (Lipinski definition) is 13. The van der Waals surface area contributed by atoms with Gasteiger partial charge in [0.1, 0.15) is 28.6 Å². The molecule has 3 aliphatic carbocycles. The number of ketones is 2.